The van der Waals surface area contributed by atoms with E-state index >= 15 is 0 Å². The van der Waals surface area contributed by atoms with Crippen LogP contribution < -0.4 is 4.74 Å². The fourth-order valence-corrected chi connectivity index (χ4v) is 2.84. The molecule has 0 radical (unpaired) electrons. The Morgan fingerprint density at radius 2 is 1.95 bits per heavy atom. The molecule has 2 aromatic rings. The van der Waals surface area contributed by atoms with Gasteiger partial charge in [-0.3, -0.25) is 4.79 Å². The fraction of sp³-hybridized carbons (Fsp3) is 0.133. The zero-order valence-electron chi connectivity index (χ0n) is 10.6. The molecule has 0 aliphatic rings. The zero-order chi connectivity index (χ0) is 13.8. The van der Waals surface area contributed by atoms with Gasteiger partial charge in [0.05, 0.1) is 12.7 Å². The van der Waals surface area contributed by atoms with Crippen LogP contribution in [0.5, 0.6) is 5.75 Å². The first kappa shape index (κ1) is 13.6. The summed E-state index contributed by atoms with van der Waals surface area (Å²) in [6.07, 6.45) is 0. The van der Waals surface area contributed by atoms with Crippen LogP contribution in [-0.2, 0) is 0 Å². The molecule has 4 heteroatoms. The van der Waals surface area contributed by atoms with Crippen molar-refractivity contribution in [3.05, 3.63) is 53.8 Å². The van der Waals surface area contributed by atoms with E-state index in [1.165, 1.54) is 37.9 Å². The summed E-state index contributed by atoms with van der Waals surface area (Å²) in [4.78, 5) is 13.2. The van der Waals surface area contributed by atoms with E-state index in [0.29, 0.717) is 11.3 Å². The number of methoxy groups -OCH3 is 1. The molecule has 2 rings (SSSR count). The van der Waals surface area contributed by atoms with Gasteiger partial charge in [-0.05, 0) is 37.3 Å². The second kappa shape index (κ2) is 5.89. The van der Waals surface area contributed by atoms with Crippen LogP contribution >= 0.6 is 11.8 Å². The van der Waals surface area contributed by atoms with Gasteiger partial charge in [0, 0.05) is 9.79 Å². The predicted molar refractivity (Wildman–Crippen MR) is 73.5 cm³/mol. The molecule has 0 amide bonds. The van der Waals surface area contributed by atoms with Crippen molar-refractivity contribution in [2.24, 2.45) is 0 Å². The summed E-state index contributed by atoms with van der Waals surface area (Å²) in [6.45, 7) is 1.49. The number of rotatable bonds is 4. The number of hydrogen-bond donors (Lipinski definition) is 0. The van der Waals surface area contributed by atoms with Crippen molar-refractivity contribution in [2.45, 2.75) is 16.7 Å². The molecule has 0 bridgehead atoms. The van der Waals surface area contributed by atoms with E-state index in [4.69, 9.17) is 4.74 Å². The summed E-state index contributed by atoms with van der Waals surface area (Å²) in [5.74, 6) is 0.169. The molecule has 0 saturated heterocycles. The third-order valence-corrected chi connectivity index (χ3v) is 3.63. The second-order valence-electron chi connectivity index (χ2n) is 3.95. The molecular formula is C15H13FO2S. The van der Waals surface area contributed by atoms with Crippen LogP contribution in [0, 0.1) is 5.82 Å². The summed E-state index contributed by atoms with van der Waals surface area (Å²) in [5, 5.41) is 0. The van der Waals surface area contributed by atoms with Crippen molar-refractivity contribution in [3.8, 4) is 5.75 Å². The predicted octanol–water partition coefficient (Wildman–Crippen LogP) is 4.19. The summed E-state index contributed by atoms with van der Waals surface area (Å²) < 4.78 is 18.4. The number of benzene rings is 2. The lowest BCUT2D eigenvalue weighted by Gasteiger charge is -2.11. The number of ether oxygens (including phenoxy) is 1. The topological polar surface area (TPSA) is 26.3 Å². The number of Topliss-reactive ketones (excluding diaryl/α,β-unsaturated/α-hetero) is 1. The highest BCUT2D eigenvalue weighted by molar-refractivity contribution is 7.99. The lowest BCUT2D eigenvalue weighted by atomic mass is 10.1. The van der Waals surface area contributed by atoms with Crippen molar-refractivity contribution in [1.82, 2.24) is 0 Å². The van der Waals surface area contributed by atoms with Gasteiger partial charge in [-0.15, -0.1) is 0 Å². The molecule has 0 spiro atoms. The number of halogens is 1. The molecule has 0 fully saturated rings. The molecule has 0 saturated carbocycles. The van der Waals surface area contributed by atoms with Crippen LogP contribution in [0.2, 0.25) is 0 Å². The quantitative estimate of drug-likeness (QED) is 0.783. The van der Waals surface area contributed by atoms with Crippen LogP contribution in [0.3, 0.4) is 0 Å². The van der Waals surface area contributed by atoms with E-state index in [1.807, 2.05) is 12.1 Å². The van der Waals surface area contributed by atoms with Crippen LogP contribution in [0.4, 0.5) is 4.39 Å². The third kappa shape index (κ3) is 3.15. The Balaban J connectivity index is 2.42. The minimum atomic E-state index is -0.294. The first-order valence-electron chi connectivity index (χ1n) is 5.73. The molecule has 0 heterocycles. The van der Waals surface area contributed by atoms with Crippen molar-refractivity contribution in [1.29, 1.82) is 0 Å². The first-order chi connectivity index (χ1) is 9.11. The van der Waals surface area contributed by atoms with Gasteiger partial charge in [0.1, 0.15) is 11.6 Å². The lowest BCUT2D eigenvalue weighted by Crippen LogP contribution is -1.99. The summed E-state index contributed by atoms with van der Waals surface area (Å²) in [6, 6.07) is 11.7. The van der Waals surface area contributed by atoms with Gasteiger partial charge in [0.25, 0.3) is 0 Å². The van der Waals surface area contributed by atoms with Crippen molar-refractivity contribution >= 4 is 17.5 Å². The van der Waals surface area contributed by atoms with Crippen LogP contribution in [0.15, 0.2) is 52.3 Å². The van der Waals surface area contributed by atoms with E-state index in [-0.39, 0.29) is 11.6 Å². The average molecular weight is 276 g/mol. The number of ketones is 1. The molecule has 0 aliphatic heterocycles. The minimum Gasteiger partial charge on any atom is -0.496 e. The molecule has 0 aliphatic carbocycles. The maximum atomic E-state index is 13.2. The molecule has 0 aromatic heterocycles. The zero-order valence-corrected chi connectivity index (χ0v) is 11.5. The summed E-state index contributed by atoms with van der Waals surface area (Å²) in [5.41, 5.74) is 0.527. The van der Waals surface area contributed by atoms with E-state index in [2.05, 4.69) is 0 Å². The Hall–Kier alpha value is -1.81. The molecule has 2 nitrogen and oxygen atoms in total. The summed E-state index contributed by atoms with van der Waals surface area (Å²) >= 11 is 1.35. The number of carbonyl (C=O) groups is 1. The fourth-order valence-electron chi connectivity index (χ4n) is 1.77. The molecule has 98 valence electrons. The first-order valence-corrected chi connectivity index (χ1v) is 6.55. The Labute approximate surface area is 115 Å². The monoisotopic (exact) mass is 276 g/mol. The third-order valence-electron chi connectivity index (χ3n) is 2.58. The van der Waals surface area contributed by atoms with E-state index in [0.717, 1.165) is 9.79 Å². The molecule has 0 N–H and O–H groups in total. The van der Waals surface area contributed by atoms with Gasteiger partial charge in [0.15, 0.2) is 5.78 Å². The number of carbonyl (C=O) groups excluding carboxylic acids is 1. The molecular weight excluding hydrogens is 263 g/mol. The lowest BCUT2D eigenvalue weighted by molar-refractivity contribution is 0.101. The molecule has 2 aromatic carbocycles. The van der Waals surface area contributed by atoms with Crippen molar-refractivity contribution < 1.29 is 13.9 Å². The van der Waals surface area contributed by atoms with Gasteiger partial charge in [-0.1, -0.05) is 23.9 Å². The van der Waals surface area contributed by atoms with Gasteiger partial charge >= 0.3 is 0 Å². The highest BCUT2D eigenvalue weighted by Gasteiger charge is 2.14. The number of hydrogen-bond acceptors (Lipinski definition) is 3. The summed E-state index contributed by atoms with van der Waals surface area (Å²) in [7, 11) is 1.53. The maximum absolute atomic E-state index is 13.2. The standard InChI is InChI=1S/C15H13FO2S/c1-10(17)15-13(18-2)7-4-8-14(15)19-12-6-3-5-11(16)9-12/h3-9H,1-2H3. The second-order valence-corrected chi connectivity index (χ2v) is 5.06. The largest absolute Gasteiger partial charge is 0.496 e. The van der Waals surface area contributed by atoms with Gasteiger partial charge in [-0.25, -0.2) is 4.39 Å². The molecule has 0 unspecified atom stereocenters. The van der Waals surface area contributed by atoms with Gasteiger partial charge in [-0.2, -0.15) is 0 Å². The van der Waals surface area contributed by atoms with Crippen molar-refractivity contribution in [2.75, 3.05) is 7.11 Å². The van der Waals surface area contributed by atoms with Crippen molar-refractivity contribution in [3.63, 3.8) is 0 Å². The smallest absolute Gasteiger partial charge is 0.164 e. The highest BCUT2D eigenvalue weighted by atomic mass is 32.2. The Kier molecular flexibility index (Phi) is 4.22. The van der Waals surface area contributed by atoms with Crippen LogP contribution in [0.1, 0.15) is 17.3 Å². The van der Waals surface area contributed by atoms with Crippen LogP contribution in [-0.4, -0.2) is 12.9 Å². The average Bonchev–Trinajstić information content (AvgIpc) is 2.38. The molecule has 19 heavy (non-hydrogen) atoms. The highest BCUT2D eigenvalue weighted by Crippen LogP contribution is 2.35. The van der Waals surface area contributed by atoms with Crippen LogP contribution in [0.25, 0.3) is 0 Å². The Morgan fingerprint density at radius 3 is 2.58 bits per heavy atom. The minimum absolute atomic E-state index is 0.0728. The Morgan fingerprint density at radius 1 is 1.21 bits per heavy atom. The molecule has 0 atom stereocenters. The van der Waals surface area contributed by atoms with E-state index < -0.39 is 0 Å². The SMILES string of the molecule is COc1cccc(Sc2cccc(F)c2)c1C(C)=O. The Bertz CT molecular complexity index is 611. The normalized spacial score (nSPS) is 10.3. The van der Waals surface area contributed by atoms with Gasteiger partial charge in [0.2, 0.25) is 0 Å². The van der Waals surface area contributed by atoms with E-state index in [1.54, 1.807) is 18.2 Å². The van der Waals surface area contributed by atoms with Gasteiger partial charge < -0.3 is 4.74 Å². The van der Waals surface area contributed by atoms with E-state index in [9.17, 15) is 9.18 Å². The maximum Gasteiger partial charge on any atom is 0.164 e.